The van der Waals surface area contributed by atoms with Gasteiger partial charge in [0.15, 0.2) is 11.5 Å². The summed E-state index contributed by atoms with van der Waals surface area (Å²) in [4.78, 5) is 13.0. The van der Waals surface area contributed by atoms with E-state index in [0.717, 1.165) is 12.8 Å². The fraction of sp³-hybridized carbons (Fsp3) is 0.458. The highest BCUT2D eigenvalue weighted by Crippen LogP contribution is 2.48. The van der Waals surface area contributed by atoms with Crippen molar-refractivity contribution in [2.45, 2.75) is 46.0 Å². The molecule has 0 radical (unpaired) electrons. The molecule has 0 spiro atoms. The lowest BCUT2D eigenvalue weighted by Gasteiger charge is -2.20. The number of carbonyl (C=O) groups excluding carboxylic acids is 1. The molecule has 0 atom stereocenters. The number of aryl methyl sites for hydroxylation is 1. The third kappa shape index (κ3) is 4.66. The van der Waals surface area contributed by atoms with E-state index in [0.29, 0.717) is 49.2 Å². The van der Waals surface area contributed by atoms with Crippen molar-refractivity contribution in [2.75, 3.05) is 26.4 Å². The number of hydrogen-bond donors (Lipinski definition) is 1. The Bertz CT molecular complexity index is 831. The highest BCUT2D eigenvalue weighted by atomic mass is 16.5. The minimum Gasteiger partial charge on any atom is -0.490 e. The van der Waals surface area contributed by atoms with Crippen LogP contribution in [-0.4, -0.2) is 32.3 Å². The van der Waals surface area contributed by atoms with Gasteiger partial charge in [0.2, 0.25) is 5.75 Å². The molecule has 156 valence electrons. The van der Waals surface area contributed by atoms with Crippen LogP contribution in [0.3, 0.4) is 0 Å². The molecule has 0 saturated heterocycles. The number of benzene rings is 2. The van der Waals surface area contributed by atoms with Crippen LogP contribution in [0.4, 0.5) is 0 Å². The summed E-state index contributed by atoms with van der Waals surface area (Å²) in [7, 11) is 0. The molecule has 1 saturated carbocycles. The first-order valence-electron chi connectivity index (χ1n) is 10.5. The van der Waals surface area contributed by atoms with Crippen LogP contribution >= 0.6 is 0 Å². The van der Waals surface area contributed by atoms with Gasteiger partial charge in [-0.2, -0.15) is 0 Å². The molecule has 1 N–H and O–H groups in total. The van der Waals surface area contributed by atoms with E-state index in [1.54, 1.807) is 12.1 Å². The maximum absolute atomic E-state index is 13.0. The van der Waals surface area contributed by atoms with E-state index >= 15 is 0 Å². The van der Waals surface area contributed by atoms with E-state index in [9.17, 15) is 4.79 Å². The largest absolute Gasteiger partial charge is 0.490 e. The molecular weight excluding hydrogens is 366 g/mol. The zero-order chi connectivity index (χ0) is 20.9. The maximum Gasteiger partial charge on any atom is 0.251 e. The highest BCUT2D eigenvalue weighted by Gasteiger charge is 2.45. The quantitative estimate of drug-likeness (QED) is 0.634. The van der Waals surface area contributed by atoms with Crippen LogP contribution in [0.15, 0.2) is 36.4 Å². The standard InChI is InChI=1S/C24H31NO4/c1-5-27-20-14-18(15-21(28-6-2)22(20)29-7-3)23(26)25-16-24(12-13-24)19-11-9-8-10-17(19)4/h8-11,14-15H,5-7,12-13,16H2,1-4H3,(H,25,26). The molecule has 29 heavy (non-hydrogen) atoms. The fourth-order valence-corrected chi connectivity index (χ4v) is 3.73. The Balaban J connectivity index is 1.80. The van der Waals surface area contributed by atoms with Crippen molar-refractivity contribution in [3.05, 3.63) is 53.1 Å². The van der Waals surface area contributed by atoms with Crippen molar-refractivity contribution in [1.82, 2.24) is 5.32 Å². The molecular formula is C24H31NO4. The molecule has 5 nitrogen and oxygen atoms in total. The van der Waals surface area contributed by atoms with Crippen molar-refractivity contribution in [3.63, 3.8) is 0 Å². The summed E-state index contributed by atoms with van der Waals surface area (Å²) in [6, 6.07) is 11.9. The lowest BCUT2D eigenvalue weighted by atomic mass is 9.92. The van der Waals surface area contributed by atoms with Crippen LogP contribution in [-0.2, 0) is 5.41 Å². The molecule has 0 aliphatic heterocycles. The molecule has 0 bridgehead atoms. The minimum atomic E-state index is -0.130. The van der Waals surface area contributed by atoms with Crippen LogP contribution in [0.5, 0.6) is 17.2 Å². The lowest BCUT2D eigenvalue weighted by Crippen LogP contribution is -2.32. The zero-order valence-electron chi connectivity index (χ0n) is 17.8. The predicted octanol–water partition coefficient (Wildman–Crippen LogP) is 4.65. The van der Waals surface area contributed by atoms with Gasteiger partial charge in [0.05, 0.1) is 19.8 Å². The third-order valence-corrected chi connectivity index (χ3v) is 5.33. The molecule has 0 unspecified atom stereocenters. The number of nitrogens with one attached hydrogen (secondary N) is 1. The van der Waals surface area contributed by atoms with E-state index in [2.05, 4.69) is 36.5 Å². The molecule has 2 aromatic carbocycles. The van der Waals surface area contributed by atoms with E-state index < -0.39 is 0 Å². The van der Waals surface area contributed by atoms with Gasteiger partial charge in [-0.25, -0.2) is 0 Å². The first-order valence-corrected chi connectivity index (χ1v) is 10.5. The Morgan fingerprint density at radius 2 is 1.55 bits per heavy atom. The van der Waals surface area contributed by atoms with Crippen molar-refractivity contribution in [2.24, 2.45) is 0 Å². The minimum absolute atomic E-state index is 0.0533. The summed E-state index contributed by atoms with van der Waals surface area (Å²) in [6.07, 6.45) is 2.19. The number of ether oxygens (including phenoxy) is 3. The summed E-state index contributed by atoms with van der Waals surface area (Å²) in [5, 5.41) is 3.13. The topological polar surface area (TPSA) is 56.8 Å². The summed E-state index contributed by atoms with van der Waals surface area (Å²) in [5.74, 6) is 1.48. The first kappa shape index (κ1) is 21.0. The van der Waals surface area contributed by atoms with Crippen molar-refractivity contribution >= 4 is 5.91 Å². The molecule has 1 aliphatic rings. The van der Waals surface area contributed by atoms with Gasteiger partial charge in [-0.1, -0.05) is 24.3 Å². The van der Waals surface area contributed by atoms with E-state index in [1.165, 1.54) is 11.1 Å². The highest BCUT2D eigenvalue weighted by molar-refractivity contribution is 5.95. The number of hydrogen-bond acceptors (Lipinski definition) is 4. The van der Waals surface area contributed by atoms with Gasteiger partial charge in [0, 0.05) is 17.5 Å². The number of carbonyl (C=O) groups is 1. The van der Waals surface area contributed by atoms with Crippen molar-refractivity contribution < 1.29 is 19.0 Å². The van der Waals surface area contributed by atoms with Gasteiger partial charge in [0.25, 0.3) is 5.91 Å². The monoisotopic (exact) mass is 397 g/mol. The Morgan fingerprint density at radius 1 is 0.966 bits per heavy atom. The predicted molar refractivity (Wildman–Crippen MR) is 114 cm³/mol. The van der Waals surface area contributed by atoms with E-state index in [-0.39, 0.29) is 11.3 Å². The number of amides is 1. The fourth-order valence-electron chi connectivity index (χ4n) is 3.73. The Labute approximate surface area is 173 Å². The van der Waals surface area contributed by atoms with Gasteiger partial charge >= 0.3 is 0 Å². The van der Waals surface area contributed by atoms with Gasteiger partial charge < -0.3 is 19.5 Å². The van der Waals surface area contributed by atoms with Gasteiger partial charge in [-0.15, -0.1) is 0 Å². The number of rotatable bonds is 10. The average Bonchev–Trinajstić information content (AvgIpc) is 3.50. The maximum atomic E-state index is 13.0. The zero-order valence-corrected chi connectivity index (χ0v) is 17.8. The van der Waals surface area contributed by atoms with E-state index in [1.807, 2.05) is 20.8 Å². The molecule has 1 amide bonds. The second-order valence-electron chi connectivity index (χ2n) is 7.38. The third-order valence-electron chi connectivity index (χ3n) is 5.33. The Kier molecular flexibility index (Phi) is 6.68. The summed E-state index contributed by atoms with van der Waals surface area (Å²) in [6.45, 7) is 9.92. The molecule has 3 rings (SSSR count). The smallest absolute Gasteiger partial charge is 0.251 e. The lowest BCUT2D eigenvalue weighted by molar-refractivity contribution is 0.0948. The second-order valence-corrected chi connectivity index (χ2v) is 7.38. The van der Waals surface area contributed by atoms with Crippen LogP contribution in [0.1, 0.15) is 55.1 Å². The Morgan fingerprint density at radius 3 is 2.07 bits per heavy atom. The molecule has 1 fully saturated rings. The summed E-state index contributed by atoms with van der Waals surface area (Å²) in [5.41, 5.74) is 3.17. The van der Waals surface area contributed by atoms with Gasteiger partial charge in [0.1, 0.15) is 0 Å². The van der Waals surface area contributed by atoms with Gasteiger partial charge in [-0.3, -0.25) is 4.79 Å². The Hall–Kier alpha value is -2.69. The normalized spacial score (nSPS) is 14.2. The SMILES string of the molecule is CCOc1cc(C(=O)NCC2(c3ccccc3C)CC2)cc(OCC)c1OCC. The van der Waals surface area contributed by atoms with Crippen LogP contribution in [0.25, 0.3) is 0 Å². The van der Waals surface area contributed by atoms with Crippen LogP contribution < -0.4 is 19.5 Å². The van der Waals surface area contributed by atoms with Crippen molar-refractivity contribution in [1.29, 1.82) is 0 Å². The molecule has 0 heterocycles. The van der Waals surface area contributed by atoms with Crippen LogP contribution in [0.2, 0.25) is 0 Å². The summed E-state index contributed by atoms with van der Waals surface area (Å²) >= 11 is 0. The summed E-state index contributed by atoms with van der Waals surface area (Å²) < 4.78 is 17.2. The molecule has 1 aliphatic carbocycles. The second kappa shape index (κ2) is 9.21. The molecule has 0 aromatic heterocycles. The van der Waals surface area contributed by atoms with Crippen LogP contribution in [0, 0.1) is 6.92 Å². The molecule has 5 heteroatoms. The average molecular weight is 398 g/mol. The van der Waals surface area contributed by atoms with Gasteiger partial charge in [-0.05, 0) is 63.8 Å². The van der Waals surface area contributed by atoms with Crippen molar-refractivity contribution in [3.8, 4) is 17.2 Å². The molecule has 2 aromatic rings. The van der Waals surface area contributed by atoms with E-state index in [4.69, 9.17) is 14.2 Å². The first-order chi connectivity index (χ1) is 14.0.